The predicted molar refractivity (Wildman–Crippen MR) is 65.5 cm³/mol. The van der Waals surface area contributed by atoms with Crippen LogP contribution < -0.4 is 0 Å². The third-order valence-corrected chi connectivity index (χ3v) is 2.27. The van der Waals surface area contributed by atoms with Gasteiger partial charge < -0.3 is 9.84 Å². The highest BCUT2D eigenvalue weighted by Gasteiger charge is 2.14. The van der Waals surface area contributed by atoms with Crippen LogP contribution in [-0.4, -0.2) is 17.7 Å². The molecule has 1 aromatic carbocycles. The van der Waals surface area contributed by atoms with E-state index in [4.69, 9.17) is 4.74 Å². The zero-order chi connectivity index (χ0) is 12.7. The third-order valence-electron chi connectivity index (χ3n) is 2.27. The lowest BCUT2D eigenvalue weighted by molar-refractivity contribution is -0.143. The van der Waals surface area contributed by atoms with Crippen LogP contribution in [0.4, 0.5) is 0 Å². The Morgan fingerprint density at radius 1 is 1.53 bits per heavy atom. The molecule has 0 aliphatic carbocycles. The Kier molecular flexibility index (Phi) is 5.09. The van der Waals surface area contributed by atoms with Crippen molar-refractivity contribution in [2.24, 2.45) is 0 Å². The number of hydrogen-bond donors (Lipinski definition) is 1. The summed E-state index contributed by atoms with van der Waals surface area (Å²) >= 11 is 0. The Hall–Kier alpha value is -1.95. The topological polar surface area (TPSA) is 46.5 Å². The van der Waals surface area contributed by atoms with E-state index in [9.17, 15) is 9.90 Å². The van der Waals surface area contributed by atoms with Crippen molar-refractivity contribution in [3.63, 3.8) is 0 Å². The first kappa shape index (κ1) is 13.1. The number of esters is 1. The van der Waals surface area contributed by atoms with Crippen LogP contribution in [0.3, 0.4) is 0 Å². The molecule has 0 saturated heterocycles. The van der Waals surface area contributed by atoms with Crippen molar-refractivity contribution < 1.29 is 14.6 Å². The molecule has 0 bridgehead atoms. The molecule has 0 aliphatic rings. The van der Waals surface area contributed by atoms with Gasteiger partial charge in [0.25, 0.3) is 0 Å². The van der Waals surface area contributed by atoms with Crippen molar-refractivity contribution in [3.05, 3.63) is 29.8 Å². The molecule has 0 heterocycles. The highest BCUT2D eigenvalue weighted by atomic mass is 16.5. The smallest absolute Gasteiger partial charge is 0.307 e. The van der Waals surface area contributed by atoms with Crippen LogP contribution in [0.5, 0.6) is 5.75 Å². The molecule has 0 saturated carbocycles. The van der Waals surface area contributed by atoms with E-state index >= 15 is 0 Å². The molecule has 1 atom stereocenters. The van der Waals surface area contributed by atoms with Gasteiger partial charge in [-0.1, -0.05) is 18.1 Å². The van der Waals surface area contributed by atoms with E-state index in [0.717, 1.165) is 5.56 Å². The largest absolute Gasteiger partial charge is 0.508 e. The summed E-state index contributed by atoms with van der Waals surface area (Å²) < 4.78 is 4.90. The summed E-state index contributed by atoms with van der Waals surface area (Å²) in [5, 5.41) is 9.40. The zero-order valence-corrected chi connectivity index (χ0v) is 10.1. The van der Waals surface area contributed by atoms with Crippen LogP contribution in [0.2, 0.25) is 0 Å². The highest BCUT2D eigenvalue weighted by molar-refractivity contribution is 5.71. The maximum Gasteiger partial charge on any atom is 0.307 e. The maximum absolute atomic E-state index is 11.4. The van der Waals surface area contributed by atoms with Gasteiger partial charge in [-0.15, -0.1) is 5.92 Å². The molecule has 1 aromatic rings. The first-order valence-corrected chi connectivity index (χ1v) is 5.54. The van der Waals surface area contributed by atoms with Crippen LogP contribution in [0.1, 0.15) is 31.7 Å². The fourth-order valence-corrected chi connectivity index (χ4v) is 1.55. The highest BCUT2D eigenvalue weighted by Crippen LogP contribution is 2.23. The Bertz CT molecular complexity index is 440. The van der Waals surface area contributed by atoms with Crippen LogP contribution >= 0.6 is 0 Å². The van der Waals surface area contributed by atoms with Crippen molar-refractivity contribution in [3.8, 4) is 17.6 Å². The van der Waals surface area contributed by atoms with E-state index in [1.54, 1.807) is 32.0 Å². The lowest BCUT2D eigenvalue weighted by atomic mass is 9.96. The van der Waals surface area contributed by atoms with Gasteiger partial charge >= 0.3 is 5.97 Å². The minimum absolute atomic E-state index is 0.175. The molecule has 17 heavy (non-hydrogen) atoms. The molecule has 1 rings (SSSR count). The molecule has 0 fully saturated rings. The van der Waals surface area contributed by atoms with Gasteiger partial charge in [0.05, 0.1) is 18.9 Å². The first-order chi connectivity index (χ1) is 8.17. The van der Waals surface area contributed by atoms with Crippen LogP contribution in [0.15, 0.2) is 24.3 Å². The molecule has 1 N–H and O–H groups in total. The van der Waals surface area contributed by atoms with Gasteiger partial charge in [0.1, 0.15) is 5.75 Å². The number of carbonyl (C=O) groups is 1. The number of rotatable bonds is 4. The second kappa shape index (κ2) is 6.59. The summed E-state index contributed by atoms with van der Waals surface area (Å²) in [6.45, 7) is 3.86. The van der Waals surface area contributed by atoms with Gasteiger partial charge in [0, 0.05) is 0 Å². The summed E-state index contributed by atoms with van der Waals surface area (Å²) in [5.41, 5.74) is 0.826. The van der Waals surface area contributed by atoms with Crippen LogP contribution in [0.25, 0.3) is 0 Å². The van der Waals surface area contributed by atoms with Crippen LogP contribution in [-0.2, 0) is 9.53 Å². The quantitative estimate of drug-likeness (QED) is 0.640. The fraction of sp³-hybridized carbons (Fsp3) is 0.357. The lowest BCUT2D eigenvalue weighted by Gasteiger charge is -2.10. The molecule has 0 aromatic heterocycles. The average molecular weight is 232 g/mol. The molecule has 3 nitrogen and oxygen atoms in total. The van der Waals surface area contributed by atoms with E-state index in [1.165, 1.54) is 0 Å². The summed E-state index contributed by atoms with van der Waals surface area (Å²) in [6.07, 6.45) is 0.206. The Balaban J connectivity index is 2.85. The molecule has 0 radical (unpaired) electrons. The summed E-state index contributed by atoms with van der Waals surface area (Å²) in [6, 6.07) is 6.78. The van der Waals surface area contributed by atoms with Crippen molar-refractivity contribution in [1.82, 2.24) is 0 Å². The Morgan fingerprint density at radius 2 is 2.29 bits per heavy atom. The van der Waals surface area contributed by atoms with E-state index in [0.29, 0.717) is 6.61 Å². The van der Waals surface area contributed by atoms with E-state index in [2.05, 4.69) is 11.8 Å². The molecule has 3 heteroatoms. The van der Waals surface area contributed by atoms with Crippen molar-refractivity contribution >= 4 is 5.97 Å². The number of benzene rings is 1. The summed E-state index contributed by atoms with van der Waals surface area (Å²) in [5.74, 6) is 5.42. The number of carbonyl (C=O) groups excluding carboxylic acids is 1. The average Bonchev–Trinajstić information content (AvgIpc) is 2.29. The predicted octanol–water partition coefficient (Wildman–Crippen LogP) is 2.45. The lowest BCUT2D eigenvalue weighted by Crippen LogP contribution is -2.09. The fourth-order valence-electron chi connectivity index (χ4n) is 1.55. The molecular weight excluding hydrogens is 216 g/mol. The van der Waals surface area contributed by atoms with Gasteiger partial charge in [-0.05, 0) is 31.5 Å². The monoisotopic (exact) mass is 232 g/mol. The van der Waals surface area contributed by atoms with E-state index < -0.39 is 0 Å². The number of aromatic hydroxyl groups is 1. The van der Waals surface area contributed by atoms with Crippen molar-refractivity contribution in [2.75, 3.05) is 6.61 Å². The molecular formula is C14H16O3. The minimum Gasteiger partial charge on any atom is -0.508 e. The van der Waals surface area contributed by atoms with E-state index in [-0.39, 0.29) is 24.1 Å². The van der Waals surface area contributed by atoms with Gasteiger partial charge in [0.15, 0.2) is 0 Å². The molecule has 90 valence electrons. The van der Waals surface area contributed by atoms with E-state index in [1.807, 2.05) is 6.07 Å². The van der Waals surface area contributed by atoms with Crippen molar-refractivity contribution in [1.29, 1.82) is 0 Å². The molecule has 1 unspecified atom stereocenters. The van der Waals surface area contributed by atoms with Gasteiger partial charge in [0.2, 0.25) is 0 Å². The number of phenolic OH excluding ortho intramolecular Hbond substituents is 1. The molecule has 0 aliphatic heterocycles. The van der Waals surface area contributed by atoms with Crippen LogP contribution in [0, 0.1) is 11.8 Å². The second-order valence-electron chi connectivity index (χ2n) is 3.55. The van der Waals surface area contributed by atoms with Gasteiger partial charge in [-0.2, -0.15) is 0 Å². The Labute approximate surface area is 101 Å². The number of ether oxygens (including phenoxy) is 1. The number of phenols is 1. The van der Waals surface area contributed by atoms with Gasteiger partial charge in [-0.25, -0.2) is 0 Å². The standard InChI is InChI=1S/C14H16O3/c1-3-6-11(10-14(16)17-4-2)12-7-5-8-13(15)9-12/h5,7-9,11,15H,4,10H2,1-2H3. The Morgan fingerprint density at radius 3 is 2.88 bits per heavy atom. The first-order valence-electron chi connectivity index (χ1n) is 5.54. The zero-order valence-electron chi connectivity index (χ0n) is 10.1. The SMILES string of the molecule is CC#CC(CC(=O)OCC)c1cccc(O)c1. The summed E-state index contributed by atoms with van der Waals surface area (Å²) in [7, 11) is 0. The number of hydrogen-bond acceptors (Lipinski definition) is 3. The van der Waals surface area contributed by atoms with Crippen molar-refractivity contribution in [2.45, 2.75) is 26.2 Å². The third kappa shape index (κ3) is 4.20. The molecule has 0 spiro atoms. The summed E-state index contributed by atoms with van der Waals surface area (Å²) in [4.78, 5) is 11.4. The minimum atomic E-state index is -0.274. The maximum atomic E-state index is 11.4. The normalized spacial score (nSPS) is 11.2. The second-order valence-corrected chi connectivity index (χ2v) is 3.55. The molecule has 0 amide bonds. The van der Waals surface area contributed by atoms with Gasteiger partial charge in [-0.3, -0.25) is 4.79 Å².